The fraction of sp³-hybridized carbons (Fsp3) is 0.278. The maximum Gasteiger partial charge on any atom is 0.416 e. The molecular formula is C18H17F3O3. The van der Waals surface area contributed by atoms with Crippen molar-refractivity contribution in [2.75, 3.05) is 6.61 Å². The van der Waals surface area contributed by atoms with Crippen LogP contribution in [0.15, 0.2) is 36.4 Å². The van der Waals surface area contributed by atoms with Crippen LogP contribution in [0.1, 0.15) is 35.3 Å². The molecule has 24 heavy (non-hydrogen) atoms. The summed E-state index contributed by atoms with van der Waals surface area (Å²) in [4.78, 5) is 11.4. The second-order valence-electron chi connectivity index (χ2n) is 5.14. The van der Waals surface area contributed by atoms with Crippen LogP contribution in [-0.4, -0.2) is 17.7 Å². The molecule has 6 heteroatoms. The Morgan fingerprint density at radius 3 is 2.17 bits per heavy atom. The zero-order valence-corrected chi connectivity index (χ0v) is 13.3. The highest BCUT2D eigenvalue weighted by atomic mass is 19.4. The maximum absolute atomic E-state index is 12.7. The fourth-order valence-electron chi connectivity index (χ4n) is 2.55. The molecule has 0 atom stereocenters. The predicted molar refractivity (Wildman–Crippen MR) is 84.4 cm³/mol. The van der Waals surface area contributed by atoms with Crippen LogP contribution in [0.25, 0.3) is 11.1 Å². The van der Waals surface area contributed by atoms with Crippen molar-refractivity contribution in [2.45, 2.75) is 26.4 Å². The van der Waals surface area contributed by atoms with Gasteiger partial charge in [-0.25, -0.2) is 4.79 Å². The SMILES string of the molecule is CCOc1c(-c2ccc(C(F)(F)F)cc2)ccc(C(=O)O)c1CC. The lowest BCUT2D eigenvalue weighted by Crippen LogP contribution is -2.07. The van der Waals surface area contributed by atoms with Crippen LogP contribution in [0.2, 0.25) is 0 Å². The van der Waals surface area contributed by atoms with Gasteiger partial charge in [-0.1, -0.05) is 19.1 Å². The lowest BCUT2D eigenvalue weighted by molar-refractivity contribution is -0.137. The summed E-state index contributed by atoms with van der Waals surface area (Å²) in [7, 11) is 0. The van der Waals surface area contributed by atoms with Crippen LogP contribution in [-0.2, 0) is 12.6 Å². The Morgan fingerprint density at radius 1 is 1.08 bits per heavy atom. The number of carbonyl (C=O) groups is 1. The monoisotopic (exact) mass is 338 g/mol. The van der Waals surface area contributed by atoms with Crippen LogP contribution in [0.3, 0.4) is 0 Å². The Kier molecular flexibility index (Phi) is 5.17. The molecular weight excluding hydrogens is 321 g/mol. The van der Waals surface area contributed by atoms with Gasteiger partial charge in [0.25, 0.3) is 0 Å². The van der Waals surface area contributed by atoms with Crippen molar-refractivity contribution in [1.82, 2.24) is 0 Å². The smallest absolute Gasteiger partial charge is 0.416 e. The van der Waals surface area contributed by atoms with E-state index in [1.807, 2.05) is 0 Å². The molecule has 128 valence electrons. The van der Waals surface area contributed by atoms with E-state index >= 15 is 0 Å². The minimum atomic E-state index is -4.40. The van der Waals surface area contributed by atoms with E-state index in [1.165, 1.54) is 18.2 Å². The molecule has 0 unspecified atom stereocenters. The molecule has 0 saturated heterocycles. The number of alkyl halides is 3. The second kappa shape index (κ2) is 6.95. The molecule has 1 N–H and O–H groups in total. The van der Waals surface area contributed by atoms with Crippen LogP contribution < -0.4 is 4.74 Å². The van der Waals surface area contributed by atoms with Crippen LogP contribution in [0.5, 0.6) is 5.75 Å². The lowest BCUT2D eigenvalue weighted by Gasteiger charge is -2.17. The molecule has 0 radical (unpaired) electrons. The number of halogens is 3. The van der Waals surface area contributed by atoms with E-state index in [1.54, 1.807) is 19.9 Å². The second-order valence-corrected chi connectivity index (χ2v) is 5.14. The van der Waals surface area contributed by atoms with E-state index in [9.17, 15) is 23.1 Å². The summed E-state index contributed by atoms with van der Waals surface area (Å²) in [5, 5.41) is 9.30. The quantitative estimate of drug-likeness (QED) is 0.831. The number of carboxylic acids is 1. The maximum atomic E-state index is 12.7. The molecule has 0 bridgehead atoms. The normalized spacial score (nSPS) is 11.4. The van der Waals surface area contributed by atoms with Gasteiger partial charge in [-0.2, -0.15) is 13.2 Å². The average Bonchev–Trinajstić information content (AvgIpc) is 2.53. The van der Waals surface area contributed by atoms with Gasteiger partial charge < -0.3 is 9.84 Å². The first-order valence-corrected chi connectivity index (χ1v) is 7.49. The Balaban J connectivity index is 2.59. The van der Waals surface area contributed by atoms with E-state index in [0.717, 1.165) is 12.1 Å². The molecule has 0 spiro atoms. The summed E-state index contributed by atoms with van der Waals surface area (Å²) in [6.45, 7) is 3.90. The first kappa shape index (κ1) is 17.8. The predicted octanol–water partition coefficient (Wildman–Crippen LogP) is 5.03. The van der Waals surface area contributed by atoms with Gasteiger partial charge in [-0.15, -0.1) is 0 Å². The minimum absolute atomic E-state index is 0.136. The summed E-state index contributed by atoms with van der Waals surface area (Å²) in [5.74, 6) is -0.661. The Labute approximate surface area is 137 Å². The molecule has 0 aromatic heterocycles. The molecule has 2 aromatic carbocycles. The van der Waals surface area contributed by atoms with Crippen molar-refractivity contribution in [2.24, 2.45) is 0 Å². The van der Waals surface area contributed by atoms with E-state index in [4.69, 9.17) is 4.74 Å². The Morgan fingerprint density at radius 2 is 1.71 bits per heavy atom. The number of carboxylic acid groups (broad SMARTS) is 1. The van der Waals surface area contributed by atoms with Crippen molar-refractivity contribution >= 4 is 5.97 Å². The molecule has 2 rings (SSSR count). The van der Waals surface area contributed by atoms with Gasteiger partial charge in [0.1, 0.15) is 5.75 Å². The molecule has 0 aliphatic heterocycles. The average molecular weight is 338 g/mol. The van der Waals surface area contributed by atoms with Gasteiger partial charge in [-0.05, 0) is 43.2 Å². The highest BCUT2D eigenvalue weighted by Gasteiger charge is 2.30. The molecule has 0 amide bonds. The first-order valence-electron chi connectivity index (χ1n) is 7.49. The van der Waals surface area contributed by atoms with Gasteiger partial charge >= 0.3 is 12.1 Å². The summed E-state index contributed by atoms with van der Waals surface area (Å²) in [6.07, 6.45) is -3.96. The standard InChI is InChI=1S/C18H17F3O3/c1-3-13-15(17(22)23)10-9-14(16(13)24-4-2)11-5-7-12(8-6-11)18(19,20)21/h5-10H,3-4H2,1-2H3,(H,22,23). The van der Waals surface area contributed by atoms with Crippen molar-refractivity contribution < 1.29 is 27.8 Å². The number of rotatable bonds is 5. The highest BCUT2D eigenvalue weighted by Crippen LogP contribution is 2.37. The molecule has 0 aliphatic carbocycles. The van der Waals surface area contributed by atoms with Crippen molar-refractivity contribution in [3.05, 3.63) is 53.1 Å². The van der Waals surface area contributed by atoms with E-state index in [0.29, 0.717) is 35.5 Å². The van der Waals surface area contributed by atoms with Crippen molar-refractivity contribution in [1.29, 1.82) is 0 Å². The fourth-order valence-corrected chi connectivity index (χ4v) is 2.55. The van der Waals surface area contributed by atoms with Gasteiger partial charge in [0.05, 0.1) is 17.7 Å². The minimum Gasteiger partial charge on any atom is -0.493 e. The number of hydrogen-bond acceptors (Lipinski definition) is 2. The Hall–Kier alpha value is -2.50. The van der Waals surface area contributed by atoms with Gasteiger partial charge in [0.2, 0.25) is 0 Å². The topological polar surface area (TPSA) is 46.5 Å². The third-order valence-electron chi connectivity index (χ3n) is 3.66. The first-order chi connectivity index (χ1) is 11.3. The van der Waals surface area contributed by atoms with Gasteiger partial charge in [0.15, 0.2) is 0 Å². The third kappa shape index (κ3) is 3.53. The molecule has 0 saturated carbocycles. The molecule has 0 fully saturated rings. The molecule has 3 nitrogen and oxygen atoms in total. The molecule has 2 aromatic rings. The molecule has 0 aliphatic rings. The van der Waals surface area contributed by atoms with E-state index in [2.05, 4.69) is 0 Å². The zero-order valence-electron chi connectivity index (χ0n) is 13.3. The molecule has 0 heterocycles. The van der Waals surface area contributed by atoms with Gasteiger partial charge in [-0.3, -0.25) is 0 Å². The number of benzene rings is 2. The van der Waals surface area contributed by atoms with Crippen molar-refractivity contribution in [3.63, 3.8) is 0 Å². The highest BCUT2D eigenvalue weighted by molar-refractivity contribution is 5.92. The summed E-state index contributed by atoms with van der Waals surface area (Å²) < 4.78 is 43.7. The van der Waals surface area contributed by atoms with Crippen LogP contribution in [0.4, 0.5) is 13.2 Å². The van der Waals surface area contributed by atoms with Crippen LogP contribution in [0, 0.1) is 0 Å². The number of aromatic carboxylic acids is 1. The summed E-state index contributed by atoms with van der Waals surface area (Å²) in [5.41, 5.74) is 1.05. The van der Waals surface area contributed by atoms with Crippen LogP contribution >= 0.6 is 0 Å². The lowest BCUT2D eigenvalue weighted by atomic mass is 9.95. The van der Waals surface area contributed by atoms with Gasteiger partial charge in [0, 0.05) is 11.1 Å². The van der Waals surface area contributed by atoms with E-state index in [-0.39, 0.29) is 5.56 Å². The summed E-state index contributed by atoms with van der Waals surface area (Å²) >= 11 is 0. The Bertz CT molecular complexity index is 734. The summed E-state index contributed by atoms with van der Waals surface area (Å²) in [6, 6.07) is 7.75. The third-order valence-corrected chi connectivity index (χ3v) is 3.66. The number of hydrogen-bond donors (Lipinski definition) is 1. The zero-order chi connectivity index (χ0) is 17.9. The largest absolute Gasteiger partial charge is 0.493 e. The van der Waals surface area contributed by atoms with E-state index < -0.39 is 17.7 Å². The number of ether oxygens (including phenoxy) is 1. The van der Waals surface area contributed by atoms with Crippen molar-refractivity contribution in [3.8, 4) is 16.9 Å².